The standard InChI is InChI=1S/C16H24N2O2/c1-3-5-10-17(4-2)14-8-6-13(7-9-14)16(20)18-11-15(19)12-18/h6-9,15,19H,3-5,10-12H2,1-2H3. The minimum absolute atomic E-state index is 0.0125. The summed E-state index contributed by atoms with van der Waals surface area (Å²) >= 11 is 0. The maximum Gasteiger partial charge on any atom is 0.254 e. The van der Waals surface area contributed by atoms with Crippen molar-refractivity contribution in [2.45, 2.75) is 32.8 Å². The van der Waals surface area contributed by atoms with Crippen LogP contribution in [0.4, 0.5) is 5.69 Å². The van der Waals surface area contributed by atoms with Crippen molar-refractivity contribution in [2.75, 3.05) is 31.1 Å². The molecule has 4 heteroatoms. The van der Waals surface area contributed by atoms with Gasteiger partial charge in [-0.3, -0.25) is 4.79 Å². The van der Waals surface area contributed by atoms with Crippen LogP contribution in [0.5, 0.6) is 0 Å². The summed E-state index contributed by atoms with van der Waals surface area (Å²) in [7, 11) is 0. The number of anilines is 1. The number of benzene rings is 1. The lowest BCUT2D eigenvalue weighted by molar-refractivity contribution is 0.00590. The Bertz CT molecular complexity index is 438. The number of nitrogens with zero attached hydrogens (tertiary/aromatic N) is 2. The molecule has 4 nitrogen and oxygen atoms in total. The maximum absolute atomic E-state index is 12.1. The van der Waals surface area contributed by atoms with E-state index in [0.717, 1.165) is 13.1 Å². The van der Waals surface area contributed by atoms with Gasteiger partial charge in [-0.1, -0.05) is 13.3 Å². The highest BCUT2D eigenvalue weighted by molar-refractivity contribution is 5.95. The van der Waals surface area contributed by atoms with Gasteiger partial charge in [-0.15, -0.1) is 0 Å². The van der Waals surface area contributed by atoms with Gasteiger partial charge in [-0.05, 0) is 37.6 Å². The molecule has 110 valence electrons. The third-order valence-electron chi connectivity index (χ3n) is 3.79. The van der Waals surface area contributed by atoms with E-state index in [1.165, 1.54) is 18.5 Å². The lowest BCUT2D eigenvalue weighted by Crippen LogP contribution is -2.53. The van der Waals surface area contributed by atoms with Gasteiger partial charge >= 0.3 is 0 Å². The fourth-order valence-corrected chi connectivity index (χ4v) is 2.44. The van der Waals surface area contributed by atoms with Crippen LogP contribution in [0.25, 0.3) is 0 Å². The molecule has 1 aromatic carbocycles. The number of β-amino-alcohol motifs (C(OH)–C–C–N with tert-alkyl or cyclic N) is 1. The number of aliphatic hydroxyl groups is 1. The van der Waals surface area contributed by atoms with Crippen LogP contribution >= 0.6 is 0 Å². The fourth-order valence-electron chi connectivity index (χ4n) is 2.44. The van der Waals surface area contributed by atoms with Crippen LogP contribution in [0, 0.1) is 0 Å². The van der Waals surface area contributed by atoms with E-state index in [4.69, 9.17) is 0 Å². The number of rotatable bonds is 6. The number of hydrogen-bond donors (Lipinski definition) is 1. The molecule has 1 saturated heterocycles. The van der Waals surface area contributed by atoms with Crippen LogP contribution in [-0.4, -0.2) is 48.2 Å². The van der Waals surface area contributed by atoms with Crippen molar-refractivity contribution < 1.29 is 9.90 Å². The molecule has 0 unspecified atom stereocenters. The Morgan fingerprint density at radius 3 is 2.45 bits per heavy atom. The molecule has 1 aliphatic heterocycles. The molecule has 20 heavy (non-hydrogen) atoms. The van der Waals surface area contributed by atoms with Crippen LogP contribution < -0.4 is 4.90 Å². The van der Waals surface area contributed by atoms with Crippen molar-refractivity contribution in [3.8, 4) is 0 Å². The highest BCUT2D eigenvalue weighted by Gasteiger charge is 2.29. The molecule has 0 aliphatic carbocycles. The van der Waals surface area contributed by atoms with Crippen molar-refractivity contribution in [2.24, 2.45) is 0 Å². The fraction of sp³-hybridized carbons (Fsp3) is 0.562. The molecule has 1 N–H and O–H groups in total. The molecule has 0 aromatic heterocycles. The summed E-state index contributed by atoms with van der Waals surface area (Å²) in [5.74, 6) is 0.0125. The zero-order chi connectivity index (χ0) is 14.5. The first-order chi connectivity index (χ1) is 9.65. The van der Waals surface area contributed by atoms with E-state index in [2.05, 4.69) is 18.7 Å². The van der Waals surface area contributed by atoms with Crippen molar-refractivity contribution in [1.29, 1.82) is 0 Å². The highest BCUT2D eigenvalue weighted by Crippen LogP contribution is 2.18. The maximum atomic E-state index is 12.1. The minimum Gasteiger partial charge on any atom is -0.389 e. The van der Waals surface area contributed by atoms with Crippen LogP contribution in [0.15, 0.2) is 24.3 Å². The Kier molecular flexibility index (Phi) is 5.01. The predicted octanol–water partition coefficient (Wildman–Crippen LogP) is 2.13. The summed E-state index contributed by atoms with van der Waals surface area (Å²) in [6.45, 7) is 7.29. The number of hydrogen-bond acceptors (Lipinski definition) is 3. The van der Waals surface area contributed by atoms with E-state index >= 15 is 0 Å². The van der Waals surface area contributed by atoms with Gasteiger partial charge in [0, 0.05) is 37.4 Å². The Balaban J connectivity index is 1.99. The second kappa shape index (κ2) is 6.75. The zero-order valence-electron chi connectivity index (χ0n) is 12.4. The van der Waals surface area contributed by atoms with E-state index in [0.29, 0.717) is 18.7 Å². The average Bonchev–Trinajstić information content (AvgIpc) is 2.45. The lowest BCUT2D eigenvalue weighted by atomic mass is 10.1. The van der Waals surface area contributed by atoms with Crippen molar-refractivity contribution in [3.05, 3.63) is 29.8 Å². The highest BCUT2D eigenvalue weighted by atomic mass is 16.3. The van der Waals surface area contributed by atoms with Gasteiger partial charge in [0.25, 0.3) is 5.91 Å². The third kappa shape index (κ3) is 3.31. The van der Waals surface area contributed by atoms with Crippen molar-refractivity contribution >= 4 is 11.6 Å². The average molecular weight is 276 g/mol. The third-order valence-corrected chi connectivity index (χ3v) is 3.79. The first kappa shape index (κ1) is 14.9. The van der Waals surface area contributed by atoms with Gasteiger partial charge in [0.1, 0.15) is 0 Å². The summed E-state index contributed by atoms with van der Waals surface area (Å²) in [6.07, 6.45) is 2.02. The van der Waals surface area contributed by atoms with Gasteiger partial charge in [-0.25, -0.2) is 0 Å². The van der Waals surface area contributed by atoms with E-state index < -0.39 is 0 Å². The number of unbranched alkanes of at least 4 members (excludes halogenated alkanes) is 1. The van der Waals surface area contributed by atoms with Crippen LogP contribution in [0.2, 0.25) is 0 Å². The van der Waals surface area contributed by atoms with Gasteiger partial charge in [-0.2, -0.15) is 0 Å². The van der Waals surface area contributed by atoms with Crippen molar-refractivity contribution in [1.82, 2.24) is 4.90 Å². The van der Waals surface area contributed by atoms with Crippen LogP contribution in [0.1, 0.15) is 37.0 Å². The second-order valence-electron chi connectivity index (χ2n) is 5.34. The number of aliphatic hydroxyl groups excluding tert-OH is 1. The molecule has 1 amide bonds. The summed E-state index contributed by atoms with van der Waals surface area (Å²) in [4.78, 5) is 16.1. The smallest absolute Gasteiger partial charge is 0.254 e. The topological polar surface area (TPSA) is 43.8 Å². The SMILES string of the molecule is CCCCN(CC)c1ccc(C(=O)N2CC(O)C2)cc1. The molecule has 1 aromatic rings. The first-order valence-electron chi connectivity index (χ1n) is 7.48. The monoisotopic (exact) mass is 276 g/mol. The molecule has 1 aliphatic rings. The normalized spacial score (nSPS) is 15.1. The molecule has 0 atom stereocenters. The van der Waals surface area contributed by atoms with Crippen molar-refractivity contribution in [3.63, 3.8) is 0 Å². The molecule has 2 rings (SSSR count). The molecule has 1 heterocycles. The number of carbonyl (C=O) groups is 1. The molecule has 0 spiro atoms. The van der Waals surface area contributed by atoms with E-state index in [-0.39, 0.29) is 12.0 Å². The lowest BCUT2D eigenvalue weighted by Gasteiger charge is -2.36. The molecule has 0 bridgehead atoms. The first-order valence-corrected chi connectivity index (χ1v) is 7.48. The quantitative estimate of drug-likeness (QED) is 0.865. The number of carbonyl (C=O) groups excluding carboxylic acids is 1. The van der Waals surface area contributed by atoms with Gasteiger partial charge < -0.3 is 14.9 Å². The number of amides is 1. The molecule has 0 radical (unpaired) electrons. The summed E-state index contributed by atoms with van der Waals surface area (Å²) in [6, 6.07) is 7.80. The molecule has 0 saturated carbocycles. The molecular formula is C16H24N2O2. The summed E-state index contributed by atoms with van der Waals surface area (Å²) in [5, 5.41) is 9.24. The summed E-state index contributed by atoms with van der Waals surface area (Å²) in [5.41, 5.74) is 1.87. The second-order valence-corrected chi connectivity index (χ2v) is 5.34. The number of likely N-dealkylation sites (tertiary alicyclic amines) is 1. The van der Waals surface area contributed by atoms with E-state index in [9.17, 15) is 9.90 Å². The predicted molar refractivity (Wildman–Crippen MR) is 81.1 cm³/mol. The van der Waals surface area contributed by atoms with E-state index in [1.54, 1.807) is 4.90 Å². The Hall–Kier alpha value is -1.55. The Labute approximate surface area is 121 Å². The van der Waals surface area contributed by atoms with Gasteiger partial charge in [0.15, 0.2) is 0 Å². The Morgan fingerprint density at radius 2 is 1.95 bits per heavy atom. The van der Waals surface area contributed by atoms with Crippen LogP contribution in [-0.2, 0) is 0 Å². The van der Waals surface area contributed by atoms with E-state index in [1.807, 2.05) is 24.3 Å². The molecule has 1 fully saturated rings. The Morgan fingerprint density at radius 1 is 1.30 bits per heavy atom. The van der Waals surface area contributed by atoms with Gasteiger partial charge in [0.2, 0.25) is 0 Å². The minimum atomic E-state index is -0.345. The zero-order valence-corrected chi connectivity index (χ0v) is 12.4. The van der Waals surface area contributed by atoms with Gasteiger partial charge in [0.05, 0.1) is 6.10 Å². The summed E-state index contributed by atoms with van der Waals surface area (Å²) < 4.78 is 0. The largest absolute Gasteiger partial charge is 0.389 e. The molecular weight excluding hydrogens is 252 g/mol. The van der Waals surface area contributed by atoms with Crippen LogP contribution in [0.3, 0.4) is 0 Å².